The molecular formula is C22H18FN5O2S. The van der Waals surface area contributed by atoms with Gasteiger partial charge in [0.25, 0.3) is 5.91 Å². The number of benzene rings is 1. The average Bonchev–Trinajstić information content (AvgIpc) is 3.51. The molecule has 2 bridgehead atoms. The summed E-state index contributed by atoms with van der Waals surface area (Å²) in [6, 6.07) is 7.52. The van der Waals surface area contributed by atoms with Crippen LogP contribution in [0, 0.1) is 23.2 Å². The molecule has 1 saturated carbocycles. The number of piperidine rings is 1. The molecule has 31 heavy (non-hydrogen) atoms. The number of amides is 1. The van der Waals surface area contributed by atoms with Crippen LogP contribution in [0.3, 0.4) is 0 Å². The Kier molecular flexibility index (Phi) is 5.00. The van der Waals surface area contributed by atoms with Crippen LogP contribution < -0.4 is 10.1 Å². The lowest BCUT2D eigenvalue weighted by Gasteiger charge is -2.21. The number of hydrogen-bond donors (Lipinski definition) is 1. The summed E-state index contributed by atoms with van der Waals surface area (Å²) >= 11 is 1.25. The van der Waals surface area contributed by atoms with E-state index in [1.54, 1.807) is 41.7 Å². The Labute approximate surface area is 182 Å². The molecule has 1 amide bonds. The van der Waals surface area contributed by atoms with Crippen molar-refractivity contribution in [1.29, 1.82) is 5.26 Å². The summed E-state index contributed by atoms with van der Waals surface area (Å²) in [5, 5.41) is 12.7. The molecular weight excluding hydrogens is 417 g/mol. The summed E-state index contributed by atoms with van der Waals surface area (Å²) in [4.78, 5) is 23.8. The zero-order valence-electron chi connectivity index (χ0n) is 16.4. The lowest BCUT2D eigenvalue weighted by molar-refractivity contribution is 0.0929. The molecule has 2 fully saturated rings. The first kappa shape index (κ1) is 19.5. The van der Waals surface area contributed by atoms with Gasteiger partial charge in [0.2, 0.25) is 0 Å². The van der Waals surface area contributed by atoms with E-state index in [4.69, 9.17) is 4.74 Å². The Morgan fingerprint density at radius 1 is 1.26 bits per heavy atom. The lowest BCUT2D eigenvalue weighted by atomic mass is 10.1. The molecule has 3 aromatic rings. The number of rotatable bonds is 5. The molecule has 0 spiro atoms. The van der Waals surface area contributed by atoms with Crippen molar-refractivity contribution in [2.75, 3.05) is 6.54 Å². The van der Waals surface area contributed by atoms with Crippen molar-refractivity contribution >= 4 is 17.2 Å². The van der Waals surface area contributed by atoms with E-state index in [9.17, 15) is 14.4 Å². The van der Waals surface area contributed by atoms with Crippen LogP contribution in [0.15, 0.2) is 48.9 Å². The molecule has 3 atom stereocenters. The first-order valence-electron chi connectivity index (χ1n) is 9.93. The van der Waals surface area contributed by atoms with Crippen LogP contribution in [0.4, 0.5) is 4.39 Å². The third-order valence-corrected chi connectivity index (χ3v) is 6.83. The number of aromatic nitrogens is 2. The highest BCUT2D eigenvalue weighted by atomic mass is 32.1. The molecule has 5 rings (SSSR count). The van der Waals surface area contributed by atoms with Crippen LogP contribution in [-0.2, 0) is 0 Å². The number of halogens is 1. The van der Waals surface area contributed by atoms with Gasteiger partial charge in [-0.05, 0) is 49.1 Å². The number of nitrogens with one attached hydrogen (secondary N) is 1. The minimum atomic E-state index is -0.339. The maximum absolute atomic E-state index is 13.2. The van der Waals surface area contributed by atoms with Gasteiger partial charge in [0.15, 0.2) is 11.2 Å². The average molecular weight is 435 g/mol. The maximum atomic E-state index is 13.2. The Hall–Kier alpha value is -3.51. The van der Waals surface area contributed by atoms with Gasteiger partial charge >= 0.3 is 0 Å². The van der Waals surface area contributed by atoms with Gasteiger partial charge in [-0.1, -0.05) is 0 Å². The Morgan fingerprint density at radius 3 is 2.87 bits per heavy atom. The van der Waals surface area contributed by atoms with Crippen LogP contribution in [0.1, 0.15) is 22.6 Å². The number of likely N-dealkylation sites (tertiary alicyclic amines) is 1. The molecule has 0 radical (unpaired) electrons. The van der Waals surface area contributed by atoms with E-state index in [0.29, 0.717) is 34.5 Å². The normalized spacial score (nSPS) is 21.7. The molecule has 1 saturated heterocycles. The van der Waals surface area contributed by atoms with Gasteiger partial charge in [-0.2, -0.15) is 5.26 Å². The van der Waals surface area contributed by atoms with Crippen LogP contribution >= 0.6 is 11.3 Å². The van der Waals surface area contributed by atoms with Crippen molar-refractivity contribution in [2.24, 2.45) is 5.92 Å². The molecule has 2 unspecified atom stereocenters. The SMILES string of the molecule is N#CN1CC2CCC1[C@@H]2NC(=O)c1ncc(-c2cnccc2Oc2ccc(F)cc2)s1. The highest BCUT2D eigenvalue weighted by Gasteiger charge is 2.47. The number of carbonyl (C=O) groups is 1. The van der Waals surface area contributed by atoms with E-state index < -0.39 is 0 Å². The summed E-state index contributed by atoms with van der Waals surface area (Å²) in [5.41, 5.74) is 0.694. The molecule has 1 aliphatic carbocycles. The lowest BCUT2D eigenvalue weighted by Crippen LogP contribution is -2.42. The fraction of sp³-hybridized carbons (Fsp3) is 0.273. The largest absolute Gasteiger partial charge is 0.457 e. The van der Waals surface area contributed by atoms with Crippen molar-refractivity contribution in [1.82, 2.24) is 20.2 Å². The number of carbonyl (C=O) groups excluding carboxylic acids is 1. The van der Waals surface area contributed by atoms with Crippen molar-refractivity contribution in [3.05, 3.63) is 59.7 Å². The standard InChI is InChI=1S/C22H18FN5O2S/c23-14-2-4-15(5-3-14)30-18-7-8-25-9-16(18)19-10-26-22(31-19)21(29)27-20-13-1-6-17(20)28(11-13)12-24/h2-5,7-10,13,17,20H,1,6,11H2,(H,27,29)/t13?,17?,20-/m1/s1. The second-order valence-corrected chi connectivity index (χ2v) is 8.64. The number of hydrogen-bond acceptors (Lipinski definition) is 7. The predicted molar refractivity (Wildman–Crippen MR) is 112 cm³/mol. The summed E-state index contributed by atoms with van der Waals surface area (Å²) < 4.78 is 19.1. The number of pyridine rings is 1. The minimum Gasteiger partial charge on any atom is -0.457 e. The number of ether oxygens (including phenoxy) is 1. The fourth-order valence-electron chi connectivity index (χ4n) is 4.33. The zero-order valence-corrected chi connectivity index (χ0v) is 17.2. The highest BCUT2D eigenvalue weighted by Crippen LogP contribution is 2.38. The zero-order chi connectivity index (χ0) is 21.4. The van der Waals surface area contributed by atoms with E-state index in [0.717, 1.165) is 17.7 Å². The Balaban J connectivity index is 1.34. The van der Waals surface area contributed by atoms with Crippen LogP contribution in [0.25, 0.3) is 10.4 Å². The topological polar surface area (TPSA) is 91.1 Å². The van der Waals surface area contributed by atoms with Gasteiger partial charge < -0.3 is 15.0 Å². The molecule has 7 nitrogen and oxygen atoms in total. The number of thiazole rings is 1. The van der Waals surface area contributed by atoms with Gasteiger partial charge in [0, 0.05) is 25.1 Å². The second kappa shape index (κ2) is 7.96. The number of fused-ring (bicyclic) bond motifs is 2. The molecule has 1 aliphatic heterocycles. The van der Waals surface area contributed by atoms with Gasteiger partial charge in [-0.15, -0.1) is 11.3 Å². The van der Waals surface area contributed by atoms with Crippen LogP contribution in [0.5, 0.6) is 11.5 Å². The molecule has 9 heteroatoms. The molecule has 1 N–H and O–H groups in total. The second-order valence-electron chi connectivity index (χ2n) is 7.61. The summed E-state index contributed by atoms with van der Waals surface area (Å²) in [6.45, 7) is 0.703. The van der Waals surface area contributed by atoms with Gasteiger partial charge in [-0.3, -0.25) is 9.78 Å². The maximum Gasteiger partial charge on any atom is 0.280 e. The van der Waals surface area contributed by atoms with Crippen LogP contribution in [0.2, 0.25) is 0 Å². The summed E-state index contributed by atoms with van der Waals surface area (Å²) in [6.07, 6.45) is 9.05. The highest BCUT2D eigenvalue weighted by molar-refractivity contribution is 7.17. The van der Waals surface area contributed by atoms with E-state index in [1.807, 2.05) is 0 Å². The molecule has 2 aromatic heterocycles. The monoisotopic (exact) mass is 435 g/mol. The Bertz CT molecular complexity index is 1160. The van der Waals surface area contributed by atoms with Crippen molar-refractivity contribution in [3.8, 4) is 28.1 Å². The fourth-order valence-corrected chi connectivity index (χ4v) is 5.17. The Morgan fingerprint density at radius 2 is 2.10 bits per heavy atom. The van der Waals surface area contributed by atoms with E-state index in [1.165, 1.54) is 23.5 Å². The van der Waals surface area contributed by atoms with Crippen molar-refractivity contribution < 1.29 is 13.9 Å². The predicted octanol–water partition coefficient (Wildman–Crippen LogP) is 3.81. The first-order valence-corrected chi connectivity index (χ1v) is 10.7. The van der Waals surface area contributed by atoms with Gasteiger partial charge in [-0.25, -0.2) is 9.37 Å². The van der Waals surface area contributed by atoms with E-state index in [-0.39, 0.29) is 23.8 Å². The smallest absolute Gasteiger partial charge is 0.280 e. The van der Waals surface area contributed by atoms with Crippen molar-refractivity contribution in [2.45, 2.75) is 24.9 Å². The third-order valence-electron chi connectivity index (χ3n) is 5.80. The first-order chi connectivity index (χ1) is 15.1. The molecule has 2 aliphatic rings. The number of nitriles is 1. The van der Waals surface area contributed by atoms with E-state index >= 15 is 0 Å². The molecule has 1 aromatic carbocycles. The number of nitrogens with zero attached hydrogens (tertiary/aromatic N) is 4. The van der Waals surface area contributed by atoms with Crippen molar-refractivity contribution in [3.63, 3.8) is 0 Å². The quantitative estimate of drug-likeness (QED) is 0.613. The van der Waals surface area contributed by atoms with Gasteiger partial charge in [0.1, 0.15) is 17.3 Å². The molecule has 3 heterocycles. The molecule has 156 valence electrons. The third kappa shape index (κ3) is 3.70. The summed E-state index contributed by atoms with van der Waals surface area (Å²) in [5.74, 6) is 0.768. The van der Waals surface area contributed by atoms with Gasteiger partial charge in [0.05, 0.1) is 22.5 Å². The summed E-state index contributed by atoms with van der Waals surface area (Å²) in [7, 11) is 0. The minimum absolute atomic E-state index is 0.0183. The van der Waals surface area contributed by atoms with E-state index in [2.05, 4.69) is 21.5 Å². The van der Waals surface area contributed by atoms with Crippen LogP contribution in [-0.4, -0.2) is 39.4 Å².